The number of hydrogen-bond donors (Lipinski definition) is 2. The molecule has 2 atom stereocenters. The van der Waals surface area contributed by atoms with E-state index < -0.39 is 29.9 Å². The van der Waals surface area contributed by atoms with Gasteiger partial charge < -0.3 is 15.1 Å². The predicted octanol–water partition coefficient (Wildman–Crippen LogP) is 1.12. The maximum Gasteiger partial charge on any atom is 0.417 e. The molecular weight excluding hydrogens is 265 g/mol. The van der Waals surface area contributed by atoms with Crippen molar-refractivity contribution in [1.82, 2.24) is 4.98 Å². The average Bonchev–Trinajstić information content (AvgIpc) is 2.70. The lowest BCUT2D eigenvalue weighted by atomic mass is 10.2. The van der Waals surface area contributed by atoms with Crippen molar-refractivity contribution in [3.63, 3.8) is 0 Å². The summed E-state index contributed by atoms with van der Waals surface area (Å²) < 4.78 is 37.1. The first-order valence-electron chi connectivity index (χ1n) is 5.50. The third kappa shape index (κ3) is 2.78. The number of aromatic nitrogens is 1. The summed E-state index contributed by atoms with van der Waals surface area (Å²) in [7, 11) is 0. The predicted molar refractivity (Wildman–Crippen MR) is 58.6 cm³/mol. The number of hydrogen-bond acceptors (Lipinski definition) is 4. The Morgan fingerprint density at radius 1 is 1.42 bits per heavy atom. The topological polar surface area (TPSA) is 73.7 Å². The monoisotopic (exact) mass is 276 g/mol. The summed E-state index contributed by atoms with van der Waals surface area (Å²) in [5, 5.41) is 18.4. The molecule has 19 heavy (non-hydrogen) atoms. The Balaban J connectivity index is 2.24. The van der Waals surface area contributed by atoms with Crippen LogP contribution in [0.1, 0.15) is 12.0 Å². The maximum absolute atomic E-state index is 12.4. The Hall–Kier alpha value is -1.83. The van der Waals surface area contributed by atoms with Crippen LogP contribution in [0.25, 0.3) is 0 Å². The lowest BCUT2D eigenvalue weighted by Crippen LogP contribution is -2.36. The van der Waals surface area contributed by atoms with Gasteiger partial charge in [-0.3, -0.25) is 0 Å². The number of alkyl halides is 3. The molecule has 2 rings (SSSR count). The smallest absolute Gasteiger partial charge is 0.417 e. The van der Waals surface area contributed by atoms with Gasteiger partial charge in [0.1, 0.15) is 11.9 Å². The highest BCUT2D eigenvalue weighted by molar-refractivity contribution is 5.78. The Kier molecular flexibility index (Phi) is 3.36. The number of anilines is 1. The molecule has 1 aliphatic heterocycles. The van der Waals surface area contributed by atoms with Crippen LogP contribution in [0.3, 0.4) is 0 Å². The summed E-state index contributed by atoms with van der Waals surface area (Å²) in [4.78, 5) is 15.9. The van der Waals surface area contributed by atoms with E-state index in [0.717, 1.165) is 12.1 Å². The van der Waals surface area contributed by atoms with Gasteiger partial charge in [-0.2, -0.15) is 13.2 Å². The Morgan fingerprint density at radius 2 is 2.11 bits per heavy atom. The molecular formula is C11H11F3N2O3. The zero-order valence-corrected chi connectivity index (χ0v) is 9.63. The molecule has 0 radical (unpaired) electrons. The second kappa shape index (κ2) is 4.69. The second-order valence-corrected chi connectivity index (χ2v) is 4.30. The normalized spacial score (nSPS) is 23.7. The number of aliphatic carboxylic acids is 1. The van der Waals surface area contributed by atoms with Gasteiger partial charge in [0, 0.05) is 19.2 Å². The SMILES string of the molecule is O=C(O)C1CC(O)CN1c1ccc(C(F)(F)F)cn1. The number of rotatable bonds is 2. The molecule has 1 aromatic rings. The number of nitrogens with zero attached hydrogens (tertiary/aromatic N) is 2. The van der Waals surface area contributed by atoms with Crippen molar-refractivity contribution in [2.24, 2.45) is 0 Å². The van der Waals surface area contributed by atoms with Crippen LogP contribution in [-0.4, -0.2) is 39.9 Å². The molecule has 0 spiro atoms. The molecule has 0 saturated carbocycles. The van der Waals surface area contributed by atoms with Gasteiger partial charge in [0.25, 0.3) is 0 Å². The third-order valence-electron chi connectivity index (χ3n) is 2.93. The Bertz CT molecular complexity index is 475. The molecule has 1 fully saturated rings. The zero-order chi connectivity index (χ0) is 14.2. The van der Waals surface area contributed by atoms with E-state index in [2.05, 4.69) is 4.98 Å². The molecule has 104 valence electrons. The van der Waals surface area contributed by atoms with E-state index in [1.54, 1.807) is 0 Å². The summed E-state index contributed by atoms with van der Waals surface area (Å²) in [5.74, 6) is -1.03. The highest BCUT2D eigenvalue weighted by atomic mass is 19.4. The fourth-order valence-electron chi connectivity index (χ4n) is 2.02. The number of β-amino-alcohol motifs (C(OH)–C–C–N with tert-alkyl or cyclic N) is 1. The minimum Gasteiger partial charge on any atom is -0.480 e. The molecule has 0 bridgehead atoms. The number of halogens is 3. The van der Waals surface area contributed by atoms with Gasteiger partial charge in [0.2, 0.25) is 0 Å². The van der Waals surface area contributed by atoms with Crippen molar-refractivity contribution >= 4 is 11.8 Å². The van der Waals surface area contributed by atoms with E-state index in [1.165, 1.54) is 4.90 Å². The van der Waals surface area contributed by atoms with Crippen LogP contribution in [0.15, 0.2) is 18.3 Å². The minimum absolute atomic E-state index is 0.0258. The maximum atomic E-state index is 12.4. The summed E-state index contributed by atoms with van der Waals surface area (Å²) in [6, 6.07) is 0.974. The Morgan fingerprint density at radius 3 is 2.58 bits per heavy atom. The second-order valence-electron chi connectivity index (χ2n) is 4.30. The van der Waals surface area contributed by atoms with Crippen LogP contribution < -0.4 is 4.90 Å². The van der Waals surface area contributed by atoms with E-state index in [9.17, 15) is 23.1 Å². The number of carboxylic acids is 1. The van der Waals surface area contributed by atoms with E-state index in [0.29, 0.717) is 6.20 Å². The van der Waals surface area contributed by atoms with E-state index >= 15 is 0 Å². The molecule has 2 N–H and O–H groups in total. The van der Waals surface area contributed by atoms with Gasteiger partial charge in [-0.1, -0.05) is 0 Å². The van der Waals surface area contributed by atoms with Gasteiger partial charge in [-0.15, -0.1) is 0 Å². The van der Waals surface area contributed by atoms with Crippen LogP contribution >= 0.6 is 0 Å². The Labute approximate surface area is 106 Å². The first-order valence-corrected chi connectivity index (χ1v) is 5.50. The van der Waals surface area contributed by atoms with Crippen molar-refractivity contribution in [1.29, 1.82) is 0 Å². The molecule has 2 heterocycles. The van der Waals surface area contributed by atoms with Gasteiger partial charge in [-0.05, 0) is 12.1 Å². The average molecular weight is 276 g/mol. The number of carboxylic acid groups (broad SMARTS) is 1. The fourth-order valence-corrected chi connectivity index (χ4v) is 2.02. The van der Waals surface area contributed by atoms with E-state index in [4.69, 9.17) is 5.11 Å². The first-order chi connectivity index (χ1) is 8.79. The van der Waals surface area contributed by atoms with Crippen LogP contribution in [-0.2, 0) is 11.0 Å². The molecule has 2 unspecified atom stereocenters. The van der Waals surface area contributed by atoms with Gasteiger partial charge in [0.15, 0.2) is 0 Å². The third-order valence-corrected chi connectivity index (χ3v) is 2.93. The quantitative estimate of drug-likeness (QED) is 0.847. The number of aliphatic hydroxyl groups is 1. The fraction of sp³-hybridized carbons (Fsp3) is 0.455. The van der Waals surface area contributed by atoms with Crippen LogP contribution in [0, 0.1) is 0 Å². The van der Waals surface area contributed by atoms with Crippen molar-refractivity contribution < 1.29 is 28.2 Å². The largest absolute Gasteiger partial charge is 0.480 e. The molecule has 0 amide bonds. The van der Waals surface area contributed by atoms with Gasteiger partial charge in [0.05, 0.1) is 11.7 Å². The molecule has 0 aromatic carbocycles. The van der Waals surface area contributed by atoms with Gasteiger partial charge in [-0.25, -0.2) is 9.78 Å². The van der Waals surface area contributed by atoms with Gasteiger partial charge >= 0.3 is 12.1 Å². The highest BCUT2D eigenvalue weighted by Crippen LogP contribution is 2.30. The van der Waals surface area contributed by atoms with Crippen LogP contribution in [0.4, 0.5) is 19.0 Å². The van der Waals surface area contributed by atoms with Crippen molar-refractivity contribution in [3.05, 3.63) is 23.9 Å². The van der Waals surface area contributed by atoms with Crippen LogP contribution in [0.2, 0.25) is 0 Å². The number of pyridine rings is 1. The molecule has 1 saturated heterocycles. The lowest BCUT2D eigenvalue weighted by Gasteiger charge is -2.22. The van der Waals surface area contributed by atoms with Crippen molar-refractivity contribution in [3.8, 4) is 0 Å². The summed E-state index contributed by atoms with van der Waals surface area (Å²) in [5.41, 5.74) is -0.900. The molecule has 8 heteroatoms. The molecule has 5 nitrogen and oxygen atoms in total. The lowest BCUT2D eigenvalue weighted by molar-refractivity contribution is -0.139. The van der Waals surface area contributed by atoms with E-state index in [1.807, 2.05) is 0 Å². The molecule has 1 aliphatic rings. The summed E-state index contributed by atoms with van der Waals surface area (Å²) >= 11 is 0. The molecule has 1 aromatic heterocycles. The number of aliphatic hydroxyl groups excluding tert-OH is 1. The number of carbonyl (C=O) groups is 1. The zero-order valence-electron chi connectivity index (χ0n) is 9.63. The summed E-state index contributed by atoms with van der Waals surface area (Å²) in [6.07, 6.45) is -4.63. The van der Waals surface area contributed by atoms with Crippen molar-refractivity contribution in [2.45, 2.75) is 24.7 Å². The standard InChI is InChI=1S/C11H11F3N2O3/c12-11(13,14)6-1-2-9(15-4-6)16-5-7(17)3-8(16)10(18)19/h1-2,4,7-8,17H,3,5H2,(H,18,19). The highest BCUT2D eigenvalue weighted by Gasteiger charge is 2.37. The minimum atomic E-state index is -4.48. The van der Waals surface area contributed by atoms with Crippen LogP contribution in [0.5, 0.6) is 0 Å². The molecule has 0 aliphatic carbocycles. The summed E-state index contributed by atoms with van der Waals surface area (Å²) in [6.45, 7) is 0.0370. The first kappa shape index (κ1) is 13.6. The van der Waals surface area contributed by atoms with Crippen molar-refractivity contribution in [2.75, 3.05) is 11.4 Å². The van der Waals surface area contributed by atoms with E-state index in [-0.39, 0.29) is 18.8 Å².